The van der Waals surface area contributed by atoms with E-state index in [9.17, 15) is 9.59 Å². The molecule has 114 valence electrons. The van der Waals surface area contributed by atoms with Gasteiger partial charge in [-0.2, -0.15) is 0 Å². The van der Waals surface area contributed by atoms with E-state index in [1.165, 1.54) is 4.90 Å². The van der Waals surface area contributed by atoms with Gasteiger partial charge in [0, 0.05) is 18.3 Å². The van der Waals surface area contributed by atoms with Gasteiger partial charge in [-0.25, -0.2) is 0 Å². The zero-order valence-electron chi connectivity index (χ0n) is 13.1. The van der Waals surface area contributed by atoms with Crippen LogP contribution in [0.15, 0.2) is 48.5 Å². The predicted molar refractivity (Wildman–Crippen MR) is 87.9 cm³/mol. The molecule has 2 amide bonds. The molecule has 0 aliphatic rings. The molecule has 0 aromatic heterocycles. The monoisotopic (exact) mass is 296 g/mol. The minimum Gasteiger partial charge on any atom is -0.332 e. The van der Waals surface area contributed by atoms with Crippen molar-refractivity contribution in [3.63, 3.8) is 0 Å². The number of anilines is 1. The highest BCUT2D eigenvalue weighted by Crippen LogP contribution is 2.09. The Balaban J connectivity index is 1.94. The molecule has 2 aromatic rings. The van der Waals surface area contributed by atoms with E-state index in [1.807, 2.05) is 50.2 Å². The second kappa shape index (κ2) is 6.89. The van der Waals surface area contributed by atoms with Crippen LogP contribution in [0, 0.1) is 13.8 Å². The first-order chi connectivity index (χ1) is 10.5. The van der Waals surface area contributed by atoms with Gasteiger partial charge in [-0.3, -0.25) is 9.59 Å². The van der Waals surface area contributed by atoms with Gasteiger partial charge in [0.2, 0.25) is 5.91 Å². The molecule has 4 nitrogen and oxygen atoms in total. The molecule has 0 bridgehead atoms. The van der Waals surface area contributed by atoms with Crippen LogP contribution in [-0.4, -0.2) is 30.3 Å². The lowest BCUT2D eigenvalue weighted by Gasteiger charge is -2.17. The summed E-state index contributed by atoms with van der Waals surface area (Å²) >= 11 is 0. The standard InChI is InChI=1S/C18H20N2O2/c1-13-4-8-15(9-5-13)18(22)20(3)12-17(21)19-16-10-6-14(2)7-11-16/h4-11H,12H2,1-3H3,(H,19,21). The van der Waals surface area contributed by atoms with Gasteiger partial charge in [0.25, 0.3) is 5.91 Å². The van der Waals surface area contributed by atoms with Crippen molar-refractivity contribution in [3.8, 4) is 0 Å². The third kappa shape index (κ3) is 4.19. The maximum atomic E-state index is 12.2. The predicted octanol–water partition coefficient (Wildman–Crippen LogP) is 3.01. The summed E-state index contributed by atoms with van der Waals surface area (Å²) in [6, 6.07) is 14.8. The maximum absolute atomic E-state index is 12.2. The molecule has 0 saturated carbocycles. The Labute approximate surface area is 130 Å². The van der Waals surface area contributed by atoms with Crippen molar-refractivity contribution in [1.82, 2.24) is 4.90 Å². The summed E-state index contributed by atoms with van der Waals surface area (Å²) in [4.78, 5) is 25.6. The van der Waals surface area contributed by atoms with Gasteiger partial charge in [0.1, 0.15) is 0 Å². The second-order valence-corrected chi connectivity index (χ2v) is 5.44. The van der Waals surface area contributed by atoms with Crippen LogP contribution in [0.4, 0.5) is 5.69 Å². The zero-order valence-corrected chi connectivity index (χ0v) is 13.1. The van der Waals surface area contributed by atoms with Crippen molar-refractivity contribution >= 4 is 17.5 Å². The largest absolute Gasteiger partial charge is 0.332 e. The van der Waals surface area contributed by atoms with Crippen molar-refractivity contribution < 1.29 is 9.59 Å². The number of nitrogens with zero attached hydrogens (tertiary/aromatic N) is 1. The first-order valence-corrected chi connectivity index (χ1v) is 7.14. The molecule has 0 fully saturated rings. The lowest BCUT2D eigenvalue weighted by molar-refractivity contribution is -0.116. The van der Waals surface area contributed by atoms with Crippen molar-refractivity contribution in [2.75, 3.05) is 18.9 Å². The third-order valence-corrected chi connectivity index (χ3v) is 3.36. The highest BCUT2D eigenvalue weighted by Gasteiger charge is 2.14. The number of rotatable bonds is 4. The van der Waals surface area contributed by atoms with Gasteiger partial charge in [-0.05, 0) is 38.1 Å². The molecular formula is C18H20N2O2. The number of amides is 2. The summed E-state index contributed by atoms with van der Waals surface area (Å²) in [5, 5.41) is 2.78. The fourth-order valence-electron chi connectivity index (χ4n) is 2.04. The summed E-state index contributed by atoms with van der Waals surface area (Å²) in [5.41, 5.74) is 3.53. The molecule has 22 heavy (non-hydrogen) atoms. The van der Waals surface area contributed by atoms with E-state index in [2.05, 4.69) is 5.32 Å². The average molecular weight is 296 g/mol. The minimum atomic E-state index is -0.216. The number of hydrogen-bond acceptors (Lipinski definition) is 2. The van der Waals surface area contributed by atoms with Crippen LogP contribution in [0.5, 0.6) is 0 Å². The van der Waals surface area contributed by atoms with Crippen LogP contribution in [0.3, 0.4) is 0 Å². The van der Waals surface area contributed by atoms with Crippen LogP contribution >= 0.6 is 0 Å². The molecule has 2 rings (SSSR count). The molecule has 4 heteroatoms. The van der Waals surface area contributed by atoms with Crippen LogP contribution in [0.1, 0.15) is 21.5 Å². The number of benzene rings is 2. The summed E-state index contributed by atoms with van der Waals surface area (Å²) in [7, 11) is 1.62. The first-order valence-electron chi connectivity index (χ1n) is 7.14. The third-order valence-electron chi connectivity index (χ3n) is 3.36. The van der Waals surface area contributed by atoms with E-state index < -0.39 is 0 Å². The van der Waals surface area contributed by atoms with Crippen LogP contribution in [0.2, 0.25) is 0 Å². The molecule has 0 heterocycles. The number of carbonyl (C=O) groups is 2. The Morgan fingerprint density at radius 3 is 1.95 bits per heavy atom. The Kier molecular flexibility index (Phi) is 4.94. The lowest BCUT2D eigenvalue weighted by Crippen LogP contribution is -2.34. The molecule has 0 aliphatic carbocycles. The summed E-state index contributed by atoms with van der Waals surface area (Å²) in [5.74, 6) is -0.383. The van der Waals surface area contributed by atoms with E-state index in [1.54, 1.807) is 19.2 Å². The van der Waals surface area contributed by atoms with Crippen molar-refractivity contribution in [1.29, 1.82) is 0 Å². The van der Waals surface area contributed by atoms with Crippen LogP contribution in [-0.2, 0) is 4.79 Å². The quantitative estimate of drug-likeness (QED) is 0.943. The van der Waals surface area contributed by atoms with E-state index in [-0.39, 0.29) is 18.4 Å². The summed E-state index contributed by atoms with van der Waals surface area (Å²) in [6.45, 7) is 3.97. The molecule has 2 aromatic carbocycles. The Bertz CT molecular complexity index is 660. The molecule has 0 saturated heterocycles. The lowest BCUT2D eigenvalue weighted by atomic mass is 10.1. The second-order valence-electron chi connectivity index (χ2n) is 5.44. The van der Waals surface area contributed by atoms with Crippen LogP contribution < -0.4 is 5.32 Å². The fourth-order valence-corrected chi connectivity index (χ4v) is 2.04. The van der Waals surface area contributed by atoms with Crippen molar-refractivity contribution in [2.24, 2.45) is 0 Å². The topological polar surface area (TPSA) is 49.4 Å². The highest BCUT2D eigenvalue weighted by atomic mass is 16.2. The fraction of sp³-hybridized carbons (Fsp3) is 0.222. The van der Waals surface area contributed by atoms with Crippen molar-refractivity contribution in [2.45, 2.75) is 13.8 Å². The van der Waals surface area contributed by atoms with Gasteiger partial charge >= 0.3 is 0 Å². The van der Waals surface area contributed by atoms with E-state index in [0.29, 0.717) is 5.56 Å². The van der Waals surface area contributed by atoms with Gasteiger partial charge < -0.3 is 10.2 Å². The SMILES string of the molecule is Cc1ccc(NC(=O)CN(C)C(=O)c2ccc(C)cc2)cc1. The Morgan fingerprint density at radius 2 is 1.41 bits per heavy atom. The smallest absolute Gasteiger partial charge is 0.254 e. The van der Waals surface area contributed by atoms with Gasteiger partial charge in [0.15, 0.2) is 0 Å². The molecule has 0 spiro atoms. The first kappa shape index (κ1) is 15.8. The minimum absolute atomic E-state index is 0.0145. The van der Waals surface area contributed by atoms with Gasteiger partial charge in [-0.15, -0.1) is 0 Å². The average Bonchev–Trinajstić information content (AvgIpc) is 2.49. The molecule has 0 atom stereocenters. The number of hydrogen-bond donors (Lipinski definition) is 1. The van der Waals surface area contributed by atoms with E-state index in [0.717, 1.165) is 16.8 Å². The zero-order chi connectivity index (χ0) is 16.1. The molecule has 0 unspecified atom stereocenters. The summed E-state index contributed by atoms with van der Waals surface area (Å²) < 4.78 is 0. The molecule has 0 aliphatic heterocycles. The van der Waals surface area contributed by atoms with Crippen LogP contribution in [0.25, 0.3) is 0 Å². The molecular weight excluding hydrogens is 276 g/mol. The van der Waals surface area contributed by atoms with Gasteiger partial charge in [-0.1, -0.05) is 35.4 Å². The number of carbonyl (C=O) groups excluding carboxylic acids is 2. The maximum Gasteiger partial charge on any atom is 0.254 e. The number of nitrogens with one attached hydrogen (secondary N) is 1. The number of likely N-dealkylation sites (N-methyl/N-ethyl adjacent to an activating group) is 1. The van der Waals surface area contributed by atoms with E-state index >= 15 is 0 Å². The Hall–Kier alpha value is -2.62. The molecule has 0 radical (unpaired) electrons. The summed E-state index contributed by atoms with van der Waals surface area (Å²) in [6.07, 6.45) is 0. The highest BCUT2D eigenvalue weighted by molar-refractivity contribution is 5.99. The van der Waals surface area contributed by atoms with Crippen molar-refractivity contribution in [3.05, 3.63) is 65.2 Å². The van der Waals surface area contributed by atoms with Gasteiger partial charge in [0.05, 0.1) is 6.54 Å². The Morgan fingerprint density at radius 1 is 0.909 bits per heavy atom. The molecule has 1 N–H and O–H groups in total. The van der Waals surface area contributed by atoms with E-state index in [4.69, 9.17) is 0 Å². The normalized spacial score (nSPS) is 10.1. The number of aryl methyl sites for hydroxylation is 2.